The van der Waals surface area contributed by atoms with Gasteiger partial charge in [0, 0.05) is 11.8 Å². The van der Waals surface area contributed by atoms with E-state index in [4.69, 9.17) is 9.47 Å². The Morgan fingerprint density at radius 1 is 1.03 bits per heavy atom. The SMILES string of the molecule is C[C@H](Sc1nnc(-c2ccccc2F)n1Cc1ccccc1)C(=O)Nc1ccc2c(c1)OCCO2. The number of hydrogen-bond donors (Lipinski definition) is 1. The lowest BCUT2D eigenvalue weighted by atomic mass is 10.2. The van der Waals surface area contributed by atoms with Crippen molar-refractivity contribution in [1.29, 1.82) is 0 Å². The third-order valence-corrected chi connectivity index (χ3v) is 6.56. The van der Waals surface area contributed by atoms with Crippen LogP contribution in [0.2, 0.25) is 0 Å². The smallest absolute Gasteiger partial charge is 0.237 e. The maximum absolute atomic E-state index is 14.6. The number of carbonyl (C=O) groups is 1. The molecule has 1 amide bonds. The number of nitrogens with one attached hydrogen (secondary N) is 1. The van der Waals surface area contributed by atoms with Gasteiger partial charge >= 0.3 is 0 Å². The van der Waals surface area contributed by atoms with Gasteiger partial charge in [0.2, 0.25) is 5.91 Å². The fourth-order valence-corrected chi connectivity index (χ4v) is 4.55. The minimum absolute atomic E-state index is 0.201. The summed E-state index contributed by atoms with van der Waals surface area (Å²) in [4.78, 5) is 13.0. The normalized spacial score (nSPS) is 13.3. The van der Waals surface area contributed by atoms with E-state index in [-0.39, 0.29) is 11.7 Å². The molecule has 7 nitrogen and oxygen atoms in total. The van der Waals surface area contributed by atoms with Gasteiger partial charge in [-0.25, -0.2) is 4.39 Å². The molecule has 9 heteroatoms. The van der Waals surface area contributed by atoms with E-state index < -0.39 is 5.25 Å². The summed E-state index contributed by atoms with van der Waals surface area (Å²) in [5.41, 5.74) is 1.99. The Hall–Kier alpha value is -3.85. The van der Waals surface area contributed by atoms with Gasteiger partial charge < -0.3 is 14.8 Å². The van der Waals surface area contributed by atoms with Gasteiger partial charge in [-0.2, -0.15) is 0 Å². The van der Waals surface area contributed by atoms with Crippen LogP contribution in [0.5, 0.6) is 11.5 Å². The standard InChI is InChI=1S/C26H23FN4O3S/c1-17(25(32)28-19-11-12-22-23(15-19)34-14-13-33-22)35-26-30-29-24(20-9-5-6-10-21(20)27)31(26)16-18-7-3-2-4-8-18/h2-12,15,17H,13-14,16H2,1H3,(H,28,32)/t17-/m0/s1. The van der Waals surface area contributed by atoms with E-state index in [1.165, 1.54) is 17.8 Å². The second kappa shape index (κ2) is 10.2. The molecule has 2 heterocycles. The zero-order valence-corrected chi connectivity index (χ0v) is 19.8. The molecule has 0 aliphatic carbocycles. The zero-order chi connectivity index (χ0) is 24.2. The van der Waals surface area contributed by atoms with Crippen LogP contribution in [0.3, 0.4) is 0 Å². The van der Waals surface area contributed by atoms with Gasteiger partial charge in [0.25, 0.3) is 0 Å². The van der Waals surface area contributed by atoms with E-state index in [0.717, 1.165) is 5.56 Å². The van der Waals surface area contributed by atoms with Gasteiger partial charge in [0.05, 0.1) is 17.4 Å². The fourth-order valence-electron chi connectivity index (χ4n) is 3.70. The fraction of sp³-hybridized carbons (Fsp3) is 0.192. The second-order valence-corrected chi connectivity index (χ2v) is 9.27. The van der Waals surface area contributed by atoms with Gasteiger partial charge in [-0.15, -0.1) is 10.2 Å². The molecule has 0 unspecified atom stereocenters. The average Bonchev–Trinajstić information content (AvgIpc) is 3.26. The Bertz CT molecular complexity index is 1350. The topological polar surface area (TPSA) is 78.3 Å². The predicted molar refractivity (Wildman–Crippen MR) is 132 cm³/mol. The molecule has 0 radical (unpaired) electrons. The first-order chi connectivity index (χ1) is 17.1. The average molecular weight is 491 g/mol. The monoisotopic (exact) mass is 490 g/mol. The highest BCUT2D eigenvalue weighted by atomic mass is 32.2. The Kier molecular flexibility index (Phi) is 6.67. The van der Waals surface area contributed by atoms with Crippen LogP contribution >= 0.6 is 11.8 Å². The summed E-state index contributed by atoms with van der Waals surface area (Å²) in [7, 11) is 0. The molecule has 0 fully saturated rings. The van der Waals surface area contributed by atoms with E-state index in [2.05, 4.69) is 15.5 Å². The molecule has 5 rings (SSSR count). The molecule has 1 aromatic heterocycles. The number of amides is 1. The van der Waals surface area contributed by atoms with Crippen molar-refractivity contribution in [1.82, 2.24) is 14.8 Å². The number of benzene rings is 3. The van der Waals surface area contributed by atoms with Crippen LogP contribution in [0.25, 0.3) is 11.4 Å². The maximum atomic E-state index is 14.6. The molecule has 4 aromatic rings. The number of aromatic nitrogens is 3. The summed E-state index contributed by atoms with van der Waals surface area (Å²) in [5.74, 6) is 1.09. The first kappa shape index (κ1) is 22.9. The second-order valence-electron chi connectivity index (χ2n) is 7.97. The van der Waals surface area contributed by atoms with Crippen molar-refractivity contribution in [2.75, 3.05) is 18.5 Å². The molecule has 178 valence electrons. The number of nitrogens with zero attached hydrogens (tertiary/aromatic N) is 3. The van der Waals surface area contributed by atoms with Crippen molar-refractivity contribution in [3.63, 3.8) is 0 Å². The van der Waals surface area contributed by atoms with Gasteiger partial charge in [0.1, 0.15) is 19.0 Å². The molecule has 1 aliphatic heterocycles. The Balaban J connectivity index is 1.38. The molecular weight excluding hydrogens is 467 g/mol. The zero-order valence-electron chi connectivity index (χ0n) is 19.0. The number of anilines is 1. The van der Waals surface area contributed by atoms with Crippen molar-refractivity contribution in [2.45, 2.75) is 23.9 Å². The number of halogens is 1. The summed E-state index contributed by atoms with van der Waals surface area (Å²) in [6.07, 6.45) is 0. The van der Waals surface area contributed by atoms with Crippen molar-refractivity contribution in [3.8, 4) is 22.9 Å². The minimum Gasteiger partial charge on any atom is -0.486 e. The van der Waals surface area contributed by atoms with Crippen molar-refractivity contribution in [2.24, 2.45) is 0 Å². The third kappa shape index (κ3) is 5.14. The van der Waals surface area contributed by atoms with Gasteiger partial charge in [-0.1, -0.05) is 54.2 Å². The lowest BCUT2D eigenvalue weighted by Gasteiger charge is -2.19. The summed E-state index contributed by atoms with van der Waals surface area (Å²) < 4.78 is 27.6. The molecule has 0 saturated heterocycles. The van der Waals surface area contributed by atoms with Gasteiger partial charge in [-0.3, -0.25) is 9.36 Å². The first-order valence-corrected chi connectivity index (χ1v) is 12.1. The van der Waals surface area contributed by atoms with Crippen LogP contribution in [0.15, 0.2) is 78.0 Å². The summed E-state index contributed by atoms with van der Waals surface area (Å²) >= 11 is 1.27. The van der Waals surface area contributed by atoms with Crippen LogP contribution in [0.4, 0.5) is 10.1 Å². The molecule has 1 atom stereocenters. The minimum atomic E-state index is -0.490. The van der Waals surface area contributed by atoms with Crippen LogP contribution in [-0.4, -0.2) is 39.1 Å². The lowest BCUT2D eigenvalue weighted by molar-refractivity contribution is -0.115. The number of hydrogen-bond acceptors (Lipinski definition) is 6. The molecule has 0 bridgehead atoms. The van der Waals surface area contributed by atoms with Crippen LogP contribution < -0.4 is 14.8 Å². The van der Waals surface area contributed by atoms with Crippen LogP contribution in [0, 0.1) is 5.82 Å². The highest BCUT2D eigenvalue weighted by Crippen LogP contribution is 2.33. The molecule has 1 aliphatic rings. The van der Waals surface area contributed by atoms with Gasteiger partial charge in [0.15, 0.2) is 22.5 Å². The number of rotatable bonds is 7. The summed E-state index contributed by atoms with van der Waals surface area (Å²) in [6.45, 7) is 3.21. The van der Waals surface area contributed by atoms with E-state index >= 15 is 0 Å². The van der Waals surface area contributed by atoms with E-state index in [1.54, 1.807) is 43.3 Å². The number of thioether (sulfide) groups is 1. The highest BCUT2D eigenvalue weighted by Gasteiger charge is 2.23. The first-order valence-electron chi connectivity index (χ1n) is 11.2. The molecule has 0 saturated carbocycles. The van der Waals surface area contributed by atoms with Crippen molar-refractivity contribution >= 4 is 23.4 Å². The van der Waals surface area contributed by atoms with Crippen LogP contribution in [-0.2, 0) is 11.3 Å². The summed E-state index contributed by atoms with van der Waals surface area (Å²) in [5, 5.41) is 11.5. The molecule has 1 N–H and O–H groups in total. The third-order valence-electron chi connectivity index (χ3n) is 5.48. The number of ether oxygens (including phenoxy) is 2. The number of fused-ring (bicyclic) bond motifs is 1. The van der Waals surface area contributed by atoms with E-state index in [0.29, 0.717) is 53.5 Å². The molecular formula is C26H23FN4O3S. The van der Waals surface area contributed by atoms with Gasteiger partial charge in [-0.05, 0) is 36.8 Å². The van der Waals surface area contributed by atoms with E-state index in [9.17, 15) is 9.18 Å². The number of carbonyl (C=O) groups excluding carboxylic acids is 1. The Labute approximate surface area is 206 Å². The van der Waals surface area contributed by atoms with E-state index in [1.807, 2.05) is 34.9 Å². The van der Waals surface area contributed by atoms with Crippen LogP contribution in [0.1, 0.15) is 12.5 Å². The Morgan fingerprint density at radius 3 is 2.57 bits per heavy atom. The Morgan fingerprint density at radius 2 is 1.77 bits per heavy atom. The lowest BCUT2D eigenvalue weighted by Crippen LogP contribution is -2.23. The molecule has 35 heavy (non-hydrogen) atoms. The van der Waals surface area contributed by atoms with Crippen molar-refractivity contribution < 1.29 is 18.7 Å². The predicted octanol–water partition coefficient (Wildman–Crippen LogP) is 5.02. The van der Waals surface area contributed by atoms with Crippen molar-refractivity contribution in [3.05, 3.63) is 84.2 Å². The molecule has 0 spiro atoms. The summed E-state index contributed by atoms with van der Waals surface area (Å²) in [6, 6.07) is 21.6. The molecule has 3 aromatic carbocycles. The highest BCUT2D eigenvalue weighted by molar-refractivity contribution is 8.00. The quantitative estimate of drug-likeness (QED) is 0.367. The maximum Gasteiger partial charge on any atom is 0.237 e. The largest absolute Gasteiger partial charge is 0.486 e.